The molecule has 12 heavy (non-hydrogen) atoms. The van der Waals surface area contributed by atoms with Crippen LogP contribution in [0, 0.1) is 11.3 Å². The third kappa shape index (κ3) is 2.16. The van der Waals surface area contributed by atoms with Crippen LogP contribution in [0.3, 0.4) is 0 Å². The smallest absolute Gasteiger partial charge is 0.136 e. The van der Waals surface area contributed by atoms with Gasteiger partial charge in [0, 0.05) is 18.8 Å². The van der Waals surface area contributed by atoms with Crippen molar-refractivity contribution in [2.45, 2.75) is 40.0 Å². The molecule has 0 bridgehead atoms. The molecule has 0 aromatic carbocycles. The Balaban J connectivity index is 2.58. The Kier molecular flexibility index (Phi) is 2.36. The Hall–Kier alpha value is -0.660. The number of Topliss-reactive ketones (excluding diaryl/α,β-unsaturated/α-hetero) is 2. The summed E-state index contributed by atoms with van der Waals surface area (Å²) in [6.07, 6.45) is 1.97. The van der Waals surface area contributed by atoms with Crippen molar-refractivity contribution in [3.05, 3.63) is 0 Å². The van der Waals surface area contributed by atoms with Crippen molar-refractivity contribution >= 4 is 11.6 Å². The molecule has 0 aliphatic heterocycles. The number of rotatable bonds is 2. The predicted octanol–water partition coefficient (Wildman–Crippen LogP) is 1.97. The topological polar surface area (TPSA) is 34.1 Å². The molecule has 1 atom stereocenters. The van der Waals surface area contributed by atoms with E-state index in [0.717, 1.165) is 6.42 Å². The van der Waals surface area contributed by atoms with E-state index in [1.54, 1.807) is 6.92 Å². The first-order valence-electron chi connectivity index (χ1n) is 4.43. The van der Waals surface area contributed by atoms with Gasteiger partial charge in [-0.3, -0.25) is 4.79 Å². The second-order valence-corrected chi connectivity index (χ2v) is 4.61. The molecule has 0 spiro atoms. The van der Waals surface area contributed by atoms with Gasteiger partial charge in [-0.1, -0.05) is 13.8 Å². The molecule has 1 aliphatic carbocycles. The Morgan fingerprint density at radius 2 is 2.17 bits per heavy atom. The second kappa shape index (κ2) is 3.00. The van der Waals surface area contributed by atoms with Crippen LogP contribution in [0.2, 0.25) is 0 Å². The van der Waals surface area contributed by atoms with Crippen LogP contribution in [-0.2, 0) is 9.59 Å². The van der Waals surface area contributed by atoms with Gasteiger partial charge in [0.25, 0.3) is 0 Å². The van der Waals surface area contributed by atoms with Crippen LogP contribution in [0.25, 0.3) is 0 Å². The van der Waals surface area contributed by atoms with Gasteiger partial charge in [0.05, 0.1) is 0 Å². The lowest BCUT2D eigenvalue weighted by Gasteiger charge is -2.14. The standard InChI is InChI=1S/C10H16O2/c1-7(11)4-8-5-10(2,3)6-9(8)12/h8H,4-6H2,1-3H3. The predicted molar refractivity (Wildman–Crippen MR) is 46.8 cm³/mol. The molecule has 0 amide bonds. The number of ketones is 2. The lowest BCUT2D eigenvalue weighted by Crippen LogP contribution is -2.10. The minimum atomic E-state index is 0.0116. The number of carbonyl (C=O) groups is 2. The molecule has 0 radical (unpaired) electrons. The van der Waals surface area contributed by atoms with Crippen molar-refractivity contribution in [3.63, 3.8) is 0 Å². The van der Waals surface area contributed by atoms with Crippen LogP contribution in [-0.4, -0.2) is 11.6 Å². The minimum absolute atomic E-state index is 0.0116. The summed E-state index contributed by atoms with van der Waals surface area (Å²) in [4.78, 5) is 22.2. The number of hydrogen-bond acceptors (Lipinski definition) is 2. The highest BCUT2D eigenvalue weighted by atomic mass is 16.1. The van der Waals surface area contributed by atoms with Crippen LogP contribution in [0.15, 0.2) is 0 Å². The van der Waals surface area contributed by atoms with Gasteiger partial charge in [-0.2, -0.15) is 0 Å². The third-order valence-corrected chi connectivity index (χ3v) is 2.44. The molecule has 2 nitrogen and oxygen atoms in total. The van der Waals surface area contributed by atoms with Crippen LogP contribution in [0.5, 0.6) is 0 Å². The monoisotopic (exact) mass is 168 g/mol. The summed E-state index contributed by atoms with van der Waals surface area (Å²) in [6, 6.07) is 0. The average Bonchev–Trinajstić information content (AvgIpc) is 2.03. The number of carbonyl (C=O) groups excluding carboxylic acids is 2. The van der Waals surface area contributed by atoms with Crippen molar-refractivity contribution < 1.29 is 9.59 Å². The maximum absolute atomic E-state index is 11.4. The maximum atomic E-state index is 11.4. The lowest BCUT2D eigenvalue weighted by atomic mass is 9.89. The molecule has 0 heterocycles. The lowest BCUT2D eigenvalue weighted by molar-refractivity contribution is -0.125. The average molecular weight is 168 g/mol. The molecule has 1 saturated carbocycles. The normalized spacial score (nSPS) is 27.6. The van der Waals surface area contributed by atoms with E-state index in [-0.39, 0.29) is 22.9 Å². The van der Waals surface area contributed by atoms with E-state index in [0.29, 0.717) is 12.8 Å². The summed E-state index contributed by atoms with van der Waals surface area (Å²) in [6.45, 7) is 5.73. The van der Waals surface area contributed by atoms with Crippen LogP contribution in [0.1, 0.15) is 40.0 Å². The molecule has 1 rings (SSSR count). The Morgan fingerprint density at radius 3 is 2.50 bits per heavy atom. The fraction of sp³-hybridized carbons (Fsp3) is 0.800. The van der Waals surface area contributed by atoms with Crippen LogP contribution < -0.4 is 0 Å². The fourth-order valence-corrected chi connectivity index (χ4v) is 2.00. The third-order valence-electron chi connectivity index (χ3n) is 2.44. The van der Waals surface area contributed by atoms with E-state index in [4.69, 9.17) is 0 Å². The zero-order valence-electron chi connectivity index (χ0n) is 8.02. The van der Waals surface area contributed by atoms with E-state index in [1.807, 2.05) is 0 Å². The van der Waals surface area contributed by atoms with E-state index >= 15 is 0 Å². The second-order valence-electron chi connectivity index (χ2n) is 4.61. The SMILES string of the molecule is CC(=O)CC1CC(C)(C)CC1=O. The molecule has 0 aromatic rings. The molecule has 68 valence electrons. The maximum Gasteiger partial charge on any atom is 0.136 e. The highest BCUT2D eigenvalue weighted by Gasteiger charge is 2.37. The summed E-state index contributed by atoms with van der Waals surface area (Å²) in [5.74, 6) is 0.416. The molecular weight excluding hydrogens is 152 g/mol. The minimum Gasteiger partial charge on any atom is -0.300 e. The van der Waals surface area contributed by atoms with E-state index in [2.05, 4.69) is 13.8 Å². The summed E-state index contributed by atoms with van der Waals surface area (Å²) >= 11 is 0. The first-order chi connectivity index (χ1) is 5.41. The quantitative estimate of drug-likeness (QED) is 0.631. The zero-order chi connectivity index (χ0) is 9.35. The van der Waals surface area contributed by atoms with E-state index in [9.17, 15) is 9.59 Å². The molecule has 1 aliphatic rings. The Labute approximate surface area is 73.3 Å². The van der Waals surface area contributed by atoms with Gasteiger partial charge in [-0.05, 0) is 18.8 Å². The molecule has 2 heteroatoms. The van der Waals surface area contributed by atoms with E-state index < -0.39 is 0 Å². The van der Waals surface area contributed by atoms with Crippen LogP contribution >= 0.6 is 0 Å². The summed E-state index contributed by atoms with van der Waals surface area (Å²) in [5, 5.41) is 0. The van der Waals surface area contributed by atoms with Crippen molar-refractivity contribution in [3.8, 4) is 0 Å². The molecular formula is C10H16O2. The first kappa shape index (κ1) is 9.43. The summed E-state index contributed by atoms with van der Waals surface area (Å²) in [5.41, 5.74) is 0.122. The van der Waals surface area contributed by atoms with Crippen molar-refractivity contribution in [1.82, 2.24) is 0 Å². The molecule has 1 unspecified atom stereocenters. The van der Waals surface area contributed by atoms with Crippen molar-refractivity contribution in [1.29, 1.82) is 0 Å². The van der Waals surface area contributed by atoms with Crippen molar-refractivity contribution in [2.24, 2.45) is 11.3 Å². The van der Waals surface area contributed by atoms with Gasteiger partial charge in [-0.25, -0.2) is 0 Å². The number of hydrogen-bond donors (Lipinski definition) is 0. The van der Waals surface area contributed by atoms with E-state index in [1.165, 1.54) is 0 Å². The zero-order valence-corrected chi connectivity index (χ0v) is 8.02. The van der Waals surface area contributed by atoms with Crippen LogP contribution in [0.4, 0.5) is 0 Å². The van der Waals surface area contributed by atoms with Gasteiger partial charge in [0.2, 0.25) is 0 Å². The largest absolute Gasteiger partial charge is 0.300 e. The van der Waals surface area contributed by atoms with Gasteiger partial charge in [0.15, 0.2) is 0 Å². The first-order valence-corrected chi connectivity index (χ1v) is 4.43. The summed E-state index contributed by atoms with van der Waals surface area (Å²) in [7, 11) is 0. The molecule has 0 saturated heterocycles. The summed E-state index contributed by atoms with van der Waals surface area (Å²) < 4.78 is 0. The Bertz CT molecular complexity index is 216. The molecule has 0 aromatic heterocycles. The fourth-order valence-electron chi connectivity index (χ4n) is 2.00. The van der Waals surface area contributed by atoms with Gasteiger partial charge >= 0.3 is 0 Å². The van der Waals surface area contributed by atoms with Crippen molar-refractivity contribution in [2.75, 3.05) is 0 Å². The van der Waals surface area contributed by atoms with Gasteiger partial charge < -0.3 is 4.79 Å². The molecule has 1 fully saturated rings. The van der Waals surface area contributed by atoms with Gasteiger partial charge in [-0.15, -0.1) is 0 Å². The molecule has 0 N–H and O–H groups in total. The van der Waals surface area contributed by atoms with Gasteiger partial charge in [0.1, 0.15) is 11.6 Å². The Morgan fingerprint density at radius 1 is 1.58 bits per heavy atom. The highest BCUT2D eigenvalue weighted by molar-refractivity contribution is 5.89. The highest BCUT2D eigenvalue weighted by Crippen LogP contribution is 2.39.